The quantitative estimate of drug-likeness (QED) is 0.360. The first-order valence-electron chi connectivity index (χ1n) is 7.26. The summed E-state index contributed by atoms with van der Waals surface area (Å²) in [5.41, 5.74) is 0. The minimum Gasteiger partial charge on any atom is -0.356 e. The summed E-state index contributed by atoms with van der Waals surface area (Å²) in [6, 6.07) is 0.457. The van der Waals surface area contributed by atoms with E-state index >= 15 is 0 Å². The van der Waals surface area contributed by atoms with Crippen LogP contribution in [0.2, 0.25) is 0 Å². The van der Waals surface area contributed by atoms with E-state index in [9.17, 15) is 4.79 Å². The van der Waals surface area contributed by atoms with Crippen LogP contribution in [-0.4, -0.2) is 49.0 Å². The summed E-state index contributed by atoms with van der Waals surface area (Å²) < 4.78 is 0.182. The highest BCUT2D eigenvalue weighted by molar-refractivity contribution is 7.99. The Balaban J connectivity index is 2.10. The van der Waals surface area contributed by atoms with Crippen molar-refractivity contribution in [3.63, 3.8) is 0 Å². The van der Waals surface area contributed by atoms with Crippen LogP contribution >= 0.6 is 11.8 Å². The predicted molar refractivity (Wildman–Crippen MR) is 87.4 cm³/mol. The molecule has 0 unspecified atom stereocenters. The van der Waals surface area contributed by atoms with E-state index in [1.165, 1.54) is 0 Å². The van der Waals surface area contributed by atoms with Gasteiger partial charge in [-0.2, -0.15) is 11.8 Å². The first-order chi connectivity index (χ1) is 9.46. The first kappa shape index (κ1) is 17.1. The fourth-order valence-electron chi connectivity index (χ4n) is 1.57. The molecule has 1 aliphatic rings. The third-order valence-electron chi connectivity index (χ3n) is 3.27. The lowest BCUT2D eigenvalue weighted by Crippen LogP contribution is -2.43. The second-order valence-corrected chi connectivity index (χ2v) is 7.28. The van der Waals surface area contributed by atoms with Gasteiger partial charge in [-0.25, -0.2) is 0 Å². The fourth-order valence-corrected chi connectivity index (χ4v) is 1.79. The Morgan fingerprint density at radius 3 is 2.60 bits per heavy atom. The Labute approximate surface area is 126 Å². The summed E-state index contributed by atoms with van der Waals surface area (Å²) in [7, 11) is 1.77. The first-order valence-corrected chi connectivity index (χ1v) is 8.48. The number of nitrogens with one attached hydrogen (secondary N) is 3. The van der Waals surface area contributed by atoms with Crippen molar-refractivity contribution in [2.75, 3.05) is 26.4 Å². The van der Waals surface area contributed by atoms with Gasteiger partial charge in [0, 0.05) is 37.3 Å². The number of carbonyl (C=O) groups excluding carboxylic acids is 1. The highest BCUT2D eigenvalue weighted by Crippen LogP contribution is 2.19. The van der Waals surface area contributed by atoms with Crippen LogP contribution in [0.1, 0.15) is 39.5 Å². The molecule has 116 valence electrons. The minimum atomic E-state index is 0.167. The van der Waals surface area contributed by atoms with Crippen LogP contribution in [0.3, 0.4) is 0 Å². The maximum atomic E-state index is 11.5. The van der Waals surface area contributed by atoms with E-state index in [1.54, 1.807) is 7.05 Å². The van der Waals surface area contributed by atoms with Crippen LogP contribution in [0.25, 0.3) is 0 Å². The summed E-state index contributed by atoms with van der Waals surface area (Å²) in [5, 5.41) is 9.54. The maximum absolute atomic E-state index is 11.5. The van der Waals surface area contributed by atoms with Crippen molar-refractivity contribution in [2.24, 2.45) is 4.99 Å². The summed E-state index contributed by atoms with van der Waals surface area (Å²) in [5.74, 6) is 0.968. The van der Waals surface area contributed by atoms with Crippen molar-refractivity contribution < 1.29 is 4.79 Å². The van der Waals surface area contributed by atoms with E-state index in [1.807, 2.05) is 11.8 Å². The third kappa shape index (κ3) is 7.62. The summed E-state index contributed by atoms with van der Waals surface area (Å²) >= 11 is 1.83. The standard InChI is InChI=1S/C14H28N4OS/c1-14(2,20-4)10-17-13(15-3)16-9-5-6-12(19)18-11-7-8-11/h11H,5-10H2,1-4H3,(H,18,19)(H2,15,16,17). The van der Waals surface area contributed by atoms with Gasteiger partial charge in [0.25, 0.3) is 0 Å². The second-order valence-electron chi connectivity index (χ2n) is 5.76. The average molecular weight is 300 g/mol. The number of aliphatic imine (C=N–C) groups is 1. The zero-order valence-electron chi connectivity index (χ0n) is 13.1. The molecule has 1 aliphatic carbocycles. The number of hydrogen-bond acceptors (Lipinski definition) is 3. The highest BCUT2D eigenvalue weighted by atomic mass is 32.2. The van der Waals surface area contributed by atoms with Crippen molar-refractivity contribution in [3.8, 4) is 0 Å². The molecule has 20 heavy (non-hydrogen) atoms. The van der Waals surface area contributed by atoms with Gasteiger partial charge in [0.15, 0.2) is 5.96 Å². The molecule has 1 saturated carbocycles. The van der Waals surface area contributed by atoms with Gasteiger partial charge in [0.2, 0.25) is 5.91 Å². The fraction of sp³-hybridized carbons (Fsp3) is 0.857. The van der Waals surface area contributed by atoms with Crippen LogP contribution in [0.5, 0.6) is 0 Å². The number of carbonyl (C=O) groups is 1. The zero-order chi connectivity index (χ0) is 15.0. The lowest BCUT2D eigenvalue weighted by atomic mass is 10.2. The van der Waals surface area contributed by atoms with E-state index in [2.05, 4.69) is 41.0 Å². The Morgan fingerprint density at radius 2 is 2.05 bits per heavy atom. The molecule has 0 bridgehead atoms. The van der Waals surface area contributed by atoms with Crippen molar-refractivity contribution >= 4 is 23.6 Å². The van der Waals surface area contributed by atoms with Crippen molar-refractivity contribution in [1.82, 2.24) is 16.0 Å². The van der Waals surface area contributed by atoms with Crippen molar-refractivity contribution in [1.29, 1.82) is 0 Å². The average Bonchev–Trinajstić information content (AvgIpc) is 3.21. The van der Waals surface area contributed by atoms with Gasteiger partial charge in [0.05, 0.1) is 0 Å². The van der Waals surface area contributed by atoms with Gasteiger partial charge >= 0.3 is 0 Å². The highest BCUT2D eigenvalue weighted by Gasteiger charge is 2.22. The molecule has 0 aromatic rings. The smallest absolute Gasteiger partial charge is 0.220 e. The van der Waals surface area contributed by atoms with Gasteiger partial charge in [0.1, 0.15) is 0 Å². The number of guanidine groups is 1. The van der Waals surface area contributed by atoms with Gasteiger partial charge < -0.3 is 16.0 Å². The van der Waals surface area contributed by atoms with Gasteiger partial charge in [-0.15, -0.1) is 0 Å². The minimum absolute atomic E-state index is 0.167. The topological polar surface area (TPSA) is 65.5 Å². The lowest BCUT2D eigenvalue weighted by molar-refractivity contribution is -0.121. The van der Waals surface area contributed by atoms with Gasteiger partial charge in [-0.3, -0.25) is 9.79 Å². The van der Waals surface area contributed by atoms with Crippen LogP contribution < -0.4 is 16.0 Å². The van der Waals surface area contributed by atoms with Gasteiger partial charge in [-0.1, -0.05) is 0 Å². The number of amides is 1. The van der Waals surface area contributed by atoms with Crippen LogP contribution in [0, 0.1) is 0 Å². The molecular weight excluding hydrogens is 272 g/mol. The molecule has 1 amide bonds. The number of thioether (sulfide) groups is 1. The summed E-state index contributed by atoms with van der Waals surface area (Å²) in [6.45, 7) is 6.01. The molecule has 0 aromatic carbocycles. The zero-order valence-corrected chi connectivity index (χ0v) is 13.9. The Morgan fingerprint density at radius 1 is 1.35 bits per heavy atom. The SMILES string of the molecule is CN=C(NCCCC(=O)NC1CC1)NCC(C)(C)SC. The van der Waals surface area contributed by atoms with Crippen molar-refractivity contribution in [3.05, 3.63) is 0 Å². The molecule has 0 aliphatic heterocycles. The van der Waals surface area contributed by atoms with Crippen LogP contribution in [0.4, 0.5) is 0 Å². The molecule has 0 heterocycles. The van der Waals surface area contributed by atoms with Crippen molar-refractivity contribution in [2.45, 2.75) is 50.3 Å². The Hall–Kier alpha value is -0.910. The molecule has 5 nitrogen and oxygen atoms in total. The molecular formula is C14H28N4OS. The Bertz CT molecular complexity index is 340. The normalized spacial score (nSPS) is 15.9. The number of nitrogens with zero attached hydrogens (tertiary/aromatic N) is 1. The maximum Gasteiger partial charge on any atom is 0.220 e. The molecule has 1 fully saturated rings. The van der Waals surface area contributed by atoms with E-state index < -0.39 is 0 Å². The molecule has 0 atom stereocenters. The Kier molecular flexibility index (Phi) is 7.19. The predicted octanol–water partition coefficient (Wildman–Crippen LogP) is 1.35. The lowest BCUT2D eigenvalue weighted by Gasteiger charge is -2.23. The third-order valence-corrected chi connectivity index (χ3v) is 4.52. The molecule has 0 saturated heterocycles. The largest absolute Gasteiger partial charge is 0.356 e. The molecule has 6 heteroatoms. The monoisotopic (exact) mass is 300 g/mol. The van der Waals surface area contributed by atoms with Crippen LogP contribution in [0.15, 0.2) is 4.99 Å². The molecule has 0 radical (unpaired) electrons. The molecule has 1 rings (SSSR count). The molecule has 3 N–H and O–H groups in total. The van der Waals surface area contributed by atoms with E-state index in [0.717, 1.165) is 38.3 Å². The van der Waals surface area contributed by atoms with E-state index in [0.29, 0.717) is 12.5 Å². The number of rotatable bonds is 8. The van der Waals surface area contributed by atoms with E-state index in [4.69, 9.17) is 0 Å². The number of hydrogen-bond donors (Lipinski definition) is 3. The second kappa shape index (κ2) is 8.39. The molecule has 0 aromatic heterocycles. The van der Waals surface area contributed by atoms with Crippen LogP contribution in [-0.2, 0) is 4.79 Å². The molecule has 0 spiro atoms. The van der Waals surface area contributed by atoms with Gasteiger partial charge in [-0.05, 0) is 39.4 Å². The summed E-state index contributed by atoms with van der Waals surface area (Å²) in [6.07, 6.45) is 5.80. The summed E-state index contributed by atoms with van der Waals surface area (Å²) in [4.78, 5) is 15.7. The van der Waals surface area contributed by atoms with E-state index in [-0.39, 0.29) is 10.7 Å².